The molecule has 21 heavy (non-hydrogen) atoms. The molecule has 110 valence electrons. The van der Waals surface area contributed by atoms with E-state index in [9.17, 15) is 10.1 Å². The number of aromatic nitrogens is 1. The summed E-state index contributed by atoms with van der Waals surface area (Å²) in [5.74, 6) is 0.426. The number of aryl methyl sites for hydroxylation is 1. The molecule has 0 aliphatic rings. The maximum atomic E-state index is 10.8. The molecule has 0 amide bonds. The SMILES string of the molecule is CC(CCc1ccccc1)Nc1cc([N+](=O)[O-])cc(Cl)n1. The number of nitrogens with zero attached hydrogens (tertiary/aromatic N) is 2. The molecule has 0 fully saturated rings. The monoisotopic (exact) mass is 305 g/mol. The van der Waals surface area contributed by atoms with Gasteiger partial charge in [-0.05, 0) is 25.3 Å². The standard InChI is InChI=1S/C15H16ClN3O2/c1-11(7-8-12-5-3-2-4-6-12)17-15-10-13(19(20)21)9-14(16)18-15/h2-6,9-11H,7-8H2,1H3,(H,17,18). The summed E-state index contributed by atoms with van der Waals surface area (Å²) in [5.41, 5.74) is 1.20. The van der Waals surface area contributed by atoms with Gasteiger partial charge in [0.15, 0.2) is 0 Å². The van der Waals surface area contributed by atoms with Gasteiger partial charge in [-0.15, -0.1) is 0 Å². The van der Waals surface area contributed by atoms with Crippen molar-refractivity contribution >= 4 is 23.1 Å². The van der Waals surface area contributed by atoms with Crippen LogP contribution in [0.3, 0.4) is 0 Å². The van der Waals surface area contributed by atoms with Crippen molar-refractivity contribution in [2.24, 2.45) is 0 Å². The summed E-state index contributed by atoms with van der Waals surface area (Å²) >= 11 is 5.79. The fourth-order valence-electron chi connectivity index (χ4n) is 2.02. The minimum atomic E-state index is -0.479. The van der Waals surface area contributed by atoms with Crippen LogP contribution in [0.15, 0.2) is 42.5 Å². The number of nitrogens with one attached hydrogen (secondary N) is 1. The van der Waals surface area contributed by atoms with E-state index in [1.807, 2.05) is 25.1 Å². The minimum absolute atomic E-state index is 0.0623. The van der Waals surface area contributed by atoms with Gasteiger partial charge in [0.1, 0.15) is 11.0 Å². The molecular weight excluding hydrogens is 290 g/mol. The Balaban J connectivity index is 1.96. The number of hydrogen-bond donors (Lipinski definition) is 1. The van der Waals surface area contributed by atoms with Crippen molar-refractivity contribution in [1.82, 2.24) is 4.98 Å². The van der Waals surface area contributed by atoms with Gasteiger partial charge in [-0.3, -0.25) is 10.1 Å². The van der Waals surface area contributed by atoms with E-state index < -0.39 is 4.92 Å². The summed E-state index contributed by atoms with van der Waals surface area (Å²) in [7, 11) is 0. The molecule has 0 saturated heterocycles. The Bertz CT molecular complexity index is 620. The fraction of sp³-hybridized carbons (Fsp3) is 0.267. The molecule has 0 radical (unpaired) electrons. The third-order valence-electron chi connectivity index (χ3n) is 3.09. The van der Waals surface area contributed by atoms with Crippen LogP contribution < -0.4 is 5.32 Å². The lowest BCUT2D eigenvalue weighted by Gasteiger charge is -2.14. The van der Waals surface area contributed by atoms with Crippen LogP contribution in [0, 0.1) is 10.1 Å². The quantitative estimate of drug-likeness (QED) is 0.496. The van der Waals surface area contributed by atoms with E-state index in [0.717, 1.165) is 12.8 Å². The molecule has 0 spiro atoms. The van der Waals surface area contributed by atoms with Gasteiger partial charge < -0.3 is 5.32 Å². The minimum Gasteiger partial charge on any atom is -0.367 e. The second kappa shape index (κ2) is 7.04. The molecule has 2 aromatic rings. The Morgan fingerprint density at radius 3 is 2.71 bits per heavy atom. The van der Waals surface area contributed by atoms with Gasteiger partial charge in [0, 0.05) is 6.04 Å². The highest BCUT2D eigenvalue weighted by Crippen LogP contribution is 2.21. The number of nitro groups is 1. The van der Waals surface area contributed by atoms with Gasteiger partial charge >= 0.3 is 0 Å². The molecule has 1 atom stereocenters. The van der Waals surface area contributed by atoms with Crippen LogP contribution in [-0.4, -0.2) is 15.9 Å². The molecular formula is C15H16ClN3O2. The van der Waals surface area contributed by atoms with Crippen LogP contribution in [0.1, 0.15) is 18.9 Å². The molecule has 0 aliphatic heterocycles. The van der Waals surface area contributed by atoms with E-state index in [0.29, 0.717) is 5.82 Å². The maximum absolute atomic E-state index is 10.8. The van der Waals surface area contributed by atoms with Gasteiger partial charge in [-0.25, -0.2) is 4.98 Å². The van der Waals surface area contributed by atoms with Gasteiger partial charge in [0.05, 0.1) is 17.1 Å². The zero-order chi connectivity index (χ0) is 15.2. The van der Waals surface area contributed by atoms with Crippen molar-refractivity contribution in [3.05, 3.63) is 63.3 Å². The summed E-state index contributed by atoms with van der Waals surface area (Å²) < 4.78 is 0. The lowest BCUT2D eigenvalue weighted by atomic mass is 10.1. The molecule has 0 aliphatic carbocycles. The Hall–Kier alpha value is -2.14. The molecule has 5 nitrogen and oxygen atoms in total. The smallest absolute Gasteiger partial charge is 0.276 e. The first-order chi connectivity index (χ1) is 10.0. The average Bonchev–Trinajstić information content (AvgIpc) is 2.45. The summed E-state index contributed by atoms with van der Waals surface area (Å²) in [5, 5.41) is 14.1. The van der Waals surface area contributed by atoms with Crippen molar-refractivity contribution in [3.63, 3.8) is 0 Å². The third-order valence-corrected chi connectivity index (χ3v) is 3.29. The van der Waals surface area contributed by atoms with Crippen molar-refractivity contribution in [2.75, 3.05) is 5.32 Å². The second-order valence-electron chi connectivity index (χ2n) is 4.86. The van der Waals surface area contributed by atoms with Crippen LogP contribution in [0.4, 0.5) is 11.5 Å². The zero-order valence-electron chi connectivity index (χ0n) is 11.6. The van der Waals surface area contributed by atoms with Crippen LogP contribution in [-0.2, 0) is 6.42 Å². The summed E-state index contributed by atoms with van der Waals surface area (Å²) in [6, 6.07) is 12.9. The first-order valence-corrected chi connectivity index (χ1v) is 7.05. The van der Waals surface area contributed by atoms with Crippen molar-refractivity contribution < 1.29 is 4.92 Å². The normalized spacial score (nSPS) is 11.9. The number of hydrogen-bond acceptors (Lipinski definition) is 4. The predicted octanol–water partition coefficient (Wildman–Crippen LogP) is 4.08. The van der Waals surface area contributed by atoms with E-state index in [-0.39, 0.29) is 16.9 Å². The first kappa shape index (κ1) is 15.3. The first-order valence-electron chi connectivity index (χ1n) is 6.67. The molecule has 1 aromatic heterocycles. The fourth-order valence-corrected chi connectivity index (χ4v) is 2.22. The number of anilines is 1. The van der Waals surface area contributed by atoms with Crippen molar-refractivity contribution in [2.45, 2.75) is 25.8 Å². The summed E-state index contributed by atoms with van der Waals surface area (Å²) in [6.07, 6.45) is 1.82. The maximum Gasteiger partial charge on any atom is 0.276 e. The molecule has 0 bridgehead atoms. The van der Waals surface area contributed by atoms with E-state index in [2.05, 4.69) is 22.4 Å². The van der Waals surface area contributed by atoms with E-state index in [1.165, 1.54) is 17.7 Å². The molecule has 0 saturated carbocycles. The molecule has 1 N–H and O–H groups in total. The van der Waals surface area contributed by atoms with Crippen molar-refractivity contribution in [1.29, 1.82) is 0 Å². The zero-order valence-corrected chi connectivity index (χ0v) is 12.4. The van der Waals surface area contributed by atoms with E-state index in [4.69, 9.17) is 11.6 Å². The van der Waals surface area contributed by atoms with Gasteiger partial charge in [-0.1, -0.05) is 41.9 Å². The van der Waals surface area contributed by atoms with Crippen LogP contribution >= 0.6 is 11.6 Å². The Morgan fingerprint density at radius 1 is 1.33 bits per heavy atom. The highest BCUT2D eigenvalue weighted by atomic mass is 35.5. The van der Waals surface area contributed by atoms with E-state index >= 15 is 0 Å². The lowest BCUT2D eigenvalue weighted by molar-refractivity contribution is -0.384. The highest BCUT2D eigenvalue weighted by Gasteiger charge is 2.12. The number of rotatable bonds is 6. The van der Waals surface area contributed by atoms with E-state index in [1.54, 1.807) is 0 Å². The lowest BCUT2D eigenvalue weighted by Crippen LogP contribution is -2.17. The topological polar surface area (TPSA) is 68.1 Å². The molecule has 6 heteroatoms. The van der Waals surface area contributed by atoms with Crippen molar-refractivity contribution in [3.8, 4) is 0 Å². The molecule has 1 unspecified atom stereocenters. The summed E-state index contributed by atoms with van der Waals surface area (Å²) in [6.45, 7) is 2.01. The Morgan fingerprint density at radius 2 is 2.05 bits per heavy atom. The number of pyridine rings is 1. The molecule has 1 heterocycles. The molecule has 2 rings (SSSR count). The van der Waals surface area contributed by atoms with Gasteiger partial charge in [-0.2, -0.15) is 0 Å². The van der Waals surface area contributed by atoms with Gasteiger partial charge in [0.25, 0.3) is 5.69 Å². The average molecular weight is 306 g/mol. The Kier molecular flexibility index (Phi) is 5.11. The predicted molar refractivity (Wildman–Crippen MR) is 83.7 cm³/mol. The second-order valence-corrected chi connectivity index (χ2v) is 5.25. The van der Waals surface area contributed by atoms with Gasteiger partial charge in [0.2, 0.25) is 0 Å². The largest absolute Gasteiger partial charge is 0.367 e. The highest BCUT2D eigenvalue weighted by molar-refractivity contribution is 6.29. The Labute approximate surface area is 128 Å². The number of halogens is 1. The number of benzene rings is 1. The third kappa shape index (κ3) is 4.72. The summed E-state index contributed by atoms with van der Waals surface area (Å²) in [4.78, 5) is 14.4. The van der Waals surface area contributed by atoms with Crippen LogP contribution in [0.5, 0.6) is 0 Å². The molecule has 1 aromatic carbocycles. The van der Waals surface area contributed by atoms with Crippen LogP contribution in [0.25, 0.3) is 0 Å². The van der Waals surface area contributed by atoms with Crippen LogP contribution in [0.2, 0.25) is 5.15 Å².